The van der Waals surface area contributed by atoms with Gasteiger partial charge in [0.15, 0.2) is 0 Å². The van der Waals surface area contributed by atoms with E-state index in [1.807, 2.05) is 31.2 Å². The zero-order valence-electron chi connectivity index (χ0n) is 11.9. The summed E-state index contributed by atoms with van der Waals surface area (Å²) >= 11 is 3.39. The highest BCUT2D eigenvalue weighted by molar-refractivity contribution is 9.10. The van der Waals surface area contributed by atoms with Gasteiger partial charge < -0.3 is 15.8 Å². The first-order valence-corrected chi connectivity index (χ1v) is 7.30. The Kier molecular flexibility index (Phi) is 4.85. The third kappa shape index (κ3) is 3.76. The Balaban J connectivity index is 2.12. The van der Waals surface area contributed by atoms with Gasteiger partial charge in [-0.3, -0.25) is 4.79 Å². The van der Waals surface area contributed by atoms with Gasteiger partial charge in [-0.05, 0) is 42.8 Å². The number of carbonyl (C=O) groups is 1. The highest BCUT2D eigenvalue weighted by Gasteiger charge is 2.13. The van der Waals surface area contributed by atoms with Crippen molar-refractivity contribution in [3.05, 3.63) is 58.1 Å². The van der Waals surface area contributed by atoms with Crippen LogP contribution >= 0.6 is 15.9 Å². The number of rotatable bonds is 4. The molecule has 3 N–H and O–H groups in total. The van der Waals surface area contributed by atoms with E-state index in [2.05, 4.69) is 21.2 Å². The fourth-order valence-corrected chi connectivity index (χ4v) is 2.23. The summed E-state index contributed by atoms with van der Waals surface area (Å²) in [5, 5.41) is 2.95. The normalized spacial score (nSPS) is 11.8. The number of nitrogens with two attached hydrogens (primary N) is 1. The van der Waals surface area contributed by atoms with Crippen molar-refractivity contribution < 1.29 is 9.53 Å². The van der Waals surface area contributed by atoms with Gasteiger partial charge in [0.1, 0.15) is 5.75 Å². The summed E-state index contributed by atoms with van der Waals surface area (Å²) in [7, 11) is 1.53. The van der Waals surface area contributed by atoms with Gasteiger partial charge in [0.25, 0.3) is 5.91 Å². The van der Waals surface area contributed by atoms with Crippen molar-refractivity contribution in [1.29, 1.82) is 0 Å². The second kappa shape index (κ2) is 6.63. The van der Waals surface area contributed by atoms with Gasteiger partial charge in [-0.2, -0.15) is 0 Å². The summed E-state index contributed by atoms with van der Waals surface area (Å²) in [5.41, 5.74) is 7.81. The molecule has 4 nitrogen and oxygen atoms in total. The van der Waals surface area contributed by atoms with Gasteiger partial charge in [-0.25, -0.2) is 0 Å². The van der Waals surface area contributed by atoms with Crippen molar-refractivity contribution >= 4 is 27.5 Å². The first-order chi connectivity index (χ1) is 10.0. The molecular formula is C16H17BrN2O2. The van der Waals surface area contributed by atoms with Crippen LogP contribution in [0.3, 0.4) is 0 Å². The molecule has 0 aliphatic heterocycles. The molecule has 0 fully saturated rings. The number of nitrogens with one attached hydrogen (secondary N) is 1. The molecule has 5 heteroatoms. The molecule has 0 aromatic heterocycles. The lowest BCUT2D eigenvalue weighted by atomic mass is 10.1. The van der Waals surface area contributed by atoms with Crippen LogP contribution in [0, 0.1) is 0 Å². The lowest BCUT2D eigenvalue weighted by molar-refractivity contribution is 0.0939. The standard InChI is InChI=1S/C16H17BrN2O2/c1-10(11-3-6-13(17)7-4-11)19-16(20)12-5-8-14(18)15(9-12)21-2/h3-10H,18H2,1-2H3,(H,19,20)/t10-/m0/s1. The number of carbonyl (C=O) groups excluding carboxylic acids is 1. The number of hydrogen-bond donors (Lipinski definition) is 2. The van der Waals surface area contributed by atoms with E-state index in [0.717, 1.165) is 10.0 Å². The van der Waals surface area contributed by atoms with Crippen LogP contribution < -0.4 is 15.8 Å². The molecule has 0 aliphatic carbocycles. The number of hydrogen-bond acceptors (Lipinski definition) is 3. The van der Waals surface area contributed by atoms with Crippen LogP contribution in [0.4, 0.5) is 5.69 Å². The zero-order chi connectivity index (χ0) is 15.4. The number of anilines is 1. The second-order valence-electron chi connectivity index (χ2n) is 4.70. The van der Waals surface area contributed by atoms with Gasteiger partial charge in [-0.1, -0.05) is 28.1 Å². The minimum absolute atomic E-state index is 0.0888. The van der Waals surface area contributed by atoms with E-state index in [0.29, 0.717) is 17.0 Å². The van der Waals surface area contributed by atoms with E-state index in [9.17, 15) is 4.79 Å². The minimum Gasteiger partial charge on any atom is -0.495 e. The largest absolute Gasteiger partial charge is 0.495 e. The Morgan fingerprint density at radius 1 is 1.24 bits per heavy atom. The summed E-state index contributed by atoms with van der Waals surface area (Å²) < 4.78 is 6.14. The van der Waals surface area contributed by atoms with Crippen molar-refractivity contribution in [2.45, 2.75) is 13.0 Å². The van der Waals surface area contributed by atoms with Gasteiger partial charge >= 0.3 is 0 Å². The molecule has 1 amide bonds. The van der Waals surface area contributed by atoms with Crippen LogP contribution in [0.25, 0.3) is 0 Å². The summed E-state index contributed by atoms with van der Waals surface area (Å²) in [6.07, 6.45) is 0. The van der Waals surface area contributed by atoms with Crippen LogP contribution in [-0.4, -0.2) is 13.0 Å². The van der Waals surface area contributed by atoms with Crippen LogP contribution in [0.15, 0.2) is 46.9 Å². The third-order valence-electron chi connectivity index (χ3n) is 3.21. The monoisotopic (exact) mass is 348 g/mol. The molecule has 0 unspecified atom stereocenters. The van der Waals surface area contributed by atoms with Crippen LogP contribution in [0.1, 0.15) is 28.9 Å². The molecule has 0 spiro atoms. The molecule has 0 aliphatic rings. The zero-order valence-corrected chi connectivity index (χ0v) is 13.5. The van der Waals surface area contributed by atoms with E-state index < -0.39 is 0 Å². The molecule has 0 heterocycles. The summed E-state index contributed by atoms with van der Waals surface area (Å²) in [6.45, 7) is 1.94. The molecule has 2 rings (SSSR count). The van der Waals surface area contributed by atoms with Crippen LogP contribution in [0.2, 0.25) is 0 Å². The van der Waals surface area contributed by atoms with Crippen molar-refractivity contribution in [3.63, 3.8) is 0 Å². The quantitative estimate of drug-likeness (QED) is 0.830. The molecule has 0 radical (unpaired) electrons. The van der Waals surface area contributed by atoms with E-state index in [1.165, 1.54) is 7.11 Å². The van der Waals surface area contributed by atoms with Crippen molar-refractivity contribution in [1.82, 2.24) is 5.32 Å². The number of ether oxygens (including phenoxy) is 1. The van der Waals surface area contributed by atoms with Gasteiger partial charge in [0, 0.05) is 10.0 Å². The third-order valence-corrected chi connectivity index (χ3v) is 3.74. The Bertz CT molecular complexity index is 641. The van der Waals surface area contributed by atoms with Gasteiger partial charge in [-0.15, -0.1) is 0 Å². The molecular weight excluding hydrogens is 332 g/mol. The second-order valence-corrected chi connectivity index (χ2v) is 5.62. The Morgan fingerprint density at radius 2 is 1.90 bits per heavy atom. The number of methoxy groups -OCH3 is 1. The van der Waals surface area contributed by atoms with Crippen molar-refractivity contribution in [2.75, 3.05) is 12.8 Å². The average molecular weight is 349 g/mol. The fraction of sp³-hybridized carbons (Fsp3) is 0.188. The average Bonchev–Trinajstić information content (AvgIpc) is 2.48. The molecule has 0 saturated carbocycles. The molecule has 2 aromatic carbocycles. The molecule has 2 aromatic rings. The highest BCUT2D eigenvalue weighted by Crippen LogP contribution is 2.23. The number of halogens is 1. The van der Waals surface area contributed by atoms with Crippen molar-refractivity contribution in [3.8, 4) is 5.75 Å². The molecule has 0 bridgehead atoms. The topological polar surface area (TPSA) is 64.3 Å². The first-order valence-electron chi connectivity index (χ1n) is 6.51. The van der Waals surface area contributed by atoms with E-state index in [1.54, 1.807) is 18.2 Å². The Hall–Kier alpha value is -2.01. The van der Waals surface area contributed by atoms with E-state index >= 15 is 0 Å². The highest BCUT2D eigenvalue weighted by atomic mass is 79.9. The lowest BCUT2D eigenvalue weighted by Gasteiger charge is -2.15. The van der Waals surface area contributed by atoms with Crippen LogP contribution in [0.5, 0.6) is 5.75 Å². The molecule has 1 atom stereocenters. The molecule has 0 saturated heterocycles. The fourth-order valence-electron chi connectivity index (χ4n) is 1.97. The SMILES string of the molecule is COc1cc(C(=O)N[C@@H](C)c2ccc(Br)cc2)ccc1N. The Morgan fingerprint density at radius 3 is 2.52 bits per heavy atom. The number of amides is 1. The first kappa shape index (κ1) is 15.4. The maximum Gasteiger partial charge on any atom is 0.251 e. The predicted octanol–water partition coefficient (Wildman–Crippen LogP) is 3.53. The maximum atomic E-state index is 12.3. The smallest absolute Gasteiger partial charge is 0.251 e. The van der Waals surface area contributed by atoms with Crippen LogP contribution in [-0.2, 0) is 0 Å². The number of benzene rings is 2. The summed E-state index contributed by atoms with van der Waals surface area (Å²) in [4.78, 5) is 12.3. The Labute approximate surface area is 132 Å². The summed E-state index contributed by atoms with van der Waals surface area (Å²) in [5.74, 6) is 0.336. The lowest BCUT2D eigenvalue weighted by Crippen LogP contribution is -2.26. The predicted molar refractivity (Wildman–Crippen MR) is 87.4 cm³/mol. The number of nitrogen functional groups attached to an aromatic ring is 1. The van der Waals surface area contributed by atoms with E-state index in [4.69, 9.17) is 10.5 Å². The van der Waals surface area contributed by atoms with E-state index in [-0.39, 0.29) is 11.9 Å². The summed E-state index contributed by atoms with van der Waals surface area (Å²) in [6, 6.07) is 12.7. The van der Waals surface area contributed by atoms with Crippen molar-refractivity contribution in [2.24, 2.45) is 0 Å². The molecule has 110 valence electrons. The van der Waals surface area contributed by atoms with Gasteiger partial charge in [0.05, 0.1) is 18.8 Å². The minimum atomic E-state index is -0.163. The molecule has 21 heavy (non-hydrogen) atoms. The van der Waals surface area contributed by atoms with Gasteiger partial charge in [0.2, 0.25) is 0 Å². The maximum absolute atomic E-state index is 12.3.